The van der Waals surface area contributed by atoms with Gasteiger partial charge in [-0.25, -0.2) is 9.67 Å². The van der Waals surface area contributed by atoms with Crippen molar-refractivity contribution < 1.29 is 0 Å². The summed E-state index contributed by atoms with van der Waals surface area (Å²) in [6.07, 6.45) is 3.12. The first kappa shape index (κ1) is 15.6. The van der Waals surface area contributed by atoms with E-state index in [4.69, 9.17) is 11.6 Å². The van der Waals surface area contributed by atoms with E-state index in [2.05, 4.69) is 10.1 Å². The minimum absolute atomic E-state index is 0.134. The predicted molar refractivity (Wildman–Crippen MR) is 98.4 cm³/mol. The predicted octanol–water partition coefficient (Wildman–Crippen LogP) is 3.59. The Morgan fingerprint density at radius 2 is 1.84 bits per heavy atom. The summed E-state index contributed by atoms with van der Waals surface area (Å²) >= 11 is 6.19. The van der Waals surface area contributed by atoms with E-state index in [1.54, 1.807) is 21.8 Å². The molecular weight excluding hydrogens is 336 g/mol. The number of aromatic nitrogens is 4. The number of hydrogen-bond donors (Lipinski definition) is 0. The molecule has 0 aliphatic carbocycles. The molecule has 0 amide bonds. The lowest BCUT2D eigenvalue weighted by Gasteiger charge is -2.08. The van der Waals surface area contributed by atoms with E-state index in [0.29, 0.717) is 22.6 Å². The molecule has 6 heteroatoms. The van der Waals surface area contributed by atoms with Crippen molar-refractivity contribution in [2.24, 2.45) is 0 Å². The van der Waals surface area contributed by atoms with Crippen LogP contribution < -0.4 is 5.56 Å². The van der Waals surface area contributed by atoms with Gasteiger partial charge in [-0.05, 0) is 30.2 Å². The molecule has 0 N–H and O–H groups in total. The maximum atomic E-state index is 12.8. The van der Waals surface area contributed by atoms with E-state index in [0.717, 1.165) is 16.8 Å². The molecule has 0 spiro atoms. The molecule has 0 radical (unpaired) electrons. The molecule has 0 saturated heterocycles. The number of hydrogen-bond acceptors (Lipinski definition) is 3. The van der Waals surface area contributed by atoms with Crippen molar-refractivity contribution in [1.29, 1.82) is 0 Å². The van der Waals surface area contributed by atoms with Gasteiger partial charge < -0.3 is 0 Å². The molecule has 2 aromatic carbocycles. The summed E-state index contributed by atoms with van der Waals surface area (Å²) < 4.78 is 3.25. The highest BCUT2D eigenvalue weighted by molar-refractivity contribution is 6.31. The number of nitrogens with zero attached hydrogens (tertiary/aromatic N) is 4. The van der Waals surface area contributed by atoms with Crippen LogP contribution in [0.1, 0.15) is 11.1 Å². The molecule has 2 heterocycles. The Kier molecular flexibility index (Phi) is 3.86. The Morgan fingerprint density at radius 3 is 2.64 bits per heavy atom. The average Bonchev–Trinajstić information content (AvgIpc) is 3.04. The Bertz CT molecular complexity index is 1130. The molecule has 2 aromatic heterocycles. The lowest BCUT2D eigenvalue weighted by molar-refractivity contribution is 0.745. The van der Waals surface area contributed by atoms with Crippen molar-refractivity contribution in [3.05, 3.63) is 87.6 Å². The highest BCUT2D eigenvalue weighted by Crippen LogP contribution is 2.18. The topological polar surface area (TPSA) is 52.7 Å². The van der Waals surface area contributed by atoms with Crippen LogP contribution in [-0.4, -0.2) is 19.3 Å². The smallest absolute Gasteiger partial charge is 0.264 e. The van der Waals surface area contributed by atoms with Gasteiger partial charge in [0.05, 0.1) is 18.4 Å². The molecule has 5 nitrogen and oxygen atoms in total. The van der Waals surface area contributed by atoms with Crippen LogP contribution in [-0.2, 0) is 6.54 Å². The van der Waals surface area contributed by atoms with Crippen LogP contribution in [0.25, 0.3) is 16.7 Å². The maximum Gasteiger partial charge on any atom is 0.264 e. The van der Waals surface area contributed by atoms with Gasteiger partial charge in [-0.1, -0.05) is 48.0 Å². The van der Waals surface area contributed by atoms with E-state index in [-0.39, 0.29) is 5.56 Å². The van der Waals surface area contributed by atoms with Crippen molar-refractivity contribution in [1.82, 2.24) is 19.3 Å². The van der Waals surface area contributed by atoms with E-state index < -0.39 is 0 Å². The lowest BCUT2D eigenvalue weighted by Crippen LogP contribution is -2.21. The van der Waals surface area contributed by atoms with Crippen molar-refractivity contribution in [2.45, 2.75) is 13.5 Å². The lowest BCUT2D eigenvalue weighted by atomic mass is 10.2. The number of para-hydroxylation sites is 1. The summed E-state index contributed by atoms with van der Waals surface area (Å²) in [5.74, 6) is 0. The van der Waals surface area contributed by atoms with Crippen molar-refractivity contribution in [3.63, 3.8) is 0 Å². The van der Waals surface area contributed by atoms with Crippen LogP contribution >= 0.6 is 11.6 Å². The highest BCUT2D eigenvalue weighted by Gasteiger charge is 2.13. The van der Waals surface area contributed by atoms with Crippen molar-refractivity contribution in [2.75, 3.05) is 0 Å². The molecule has 0 atom stereocenters. The number of benzene rings is 2. The van der Waals surface area contributed by atoms with Gasteiger partial charge in [0, 0.05) is 5.02 Å². The van der Waals surface area contributed by atoms with Gasteiger partial charge in [-0.3, -0.25) is 9.36 Å². The monoisotopic (exact) mass is 350 g/mol. The van der Waals surface area contributed by atoms with E-state index in [1.165, 1.54) is 0 Å². The summed E-state index contributed by atoms with van der Waals surface area (Å²) in [4.78, 5) is 17.3. The van der Waals surface area contributed by atoms with Crippen LogP contribution in [0.15, 0.2) is 65.8 Å². The van der Waals surface area contributed by atoms with Gasteiger partial charge in [0.15, 0.2) is 5.65 Å². The zero-order valence-electron chi connectivity index (χ0n) is 13.6. The van der Waals surface area contributed by atoms with Gasteiger partial charge in [0.25, 0.3) is 5.56 Å². The standard InChI is InChI=1S/C19H15ClN4O/c1-13-6-2-5-9-17(13)24-18-15(10-22-24)19(25)23(12-21-18)11-14-7-3-4-8-16(14)20/h2-10,12H,11H2,1H3. The number of aryl methyl sites for hydroxylation is 1. The second kappa shape index (κ2) is 6.18. The molecule has 0 aliphatic rings. The second-order valence-electron chi connectivity index (χ2n) is 5.85. The first-order valence-corrected chi connectivity index (χ1v) is 8.25. The van der Waals surface area contributed by atoms with Crippen molar-refractivity contribution in [3.8, 4) is 5.69 Å². The Balaban J connectivity index is 1.82. The molecule has 0 aliphatic heterocycles. The van der Waals surface area contributed by atoms with Gasteiger partial charge in [-0.2, -0.15) is 5.10 Å². The third-order valence-electron chi connectivity index (χ3n) is 4.20. The molecule has 25 heavy (non-hydrogen) atoms. The number of halogens is 1. The Morgan fingerprint density at radius 1 is 1.08 bits per heavy atom. The van der Waals surface area contributed by atoms with E-state index in [9.17, 15) is 4.79 Å². The molecule has 4 rings (SSSR count). The van der Waals surface area contributed by atoms with E-state index in [1.807, 2.05) is 55.5 Å². The fraction of sp³-hybridized carbons (Fsp3) is 0.105. The molecule has 4 aromatic rings. The molecular formula is C19H15ClN4O. The highest BCUT2D eigenvalue weighted by atomic mass is 35.5. The molecule has 0 saturated carbocycles. The third kappa shape index (κ3) is 2.72. The quantitative estimate of drug-likeness (QED) is 0.567. The zero-order valence-corrected chi connectivity index (χ0v) is 14.3. The fourth-order valence-corrected chi connectivity index (χ4v) is 3.04. The van der Waals surface area contributed by atoms with Gasteiger partial charge in [-0.15, -0.1) is 0 Å². The van der Waals surface area contributed by atoms with Crippen LogP contribution in [0.5, 0.6) is 0 Å². The SMILES string of the molecule is Cc1ccccc1-n1ncc2c(=O)n(Cc3ccccc3Cl)cnc21. The number of fused-ring (bicyclic) bond motifs is 1. The normalized spacial score (nSPS) is 11.1. The maximum absolute atomic E-state index is 12.8. The summed E-state index contributed by atoms with van der Waals surface area (Å²) in [5.41, 5.74) is 3.26. The van der Waals surface area contributed by atoms with Gasteiger partial charge >= 0.3 is 0 Å². The first-order chi connectivity index (χ1) is 12.1. The van der Waals surface area contributed by atoms with Crippen LogP contribution in [0, 0.1) is 6.92 Å². The van der Waals surface area contributed by atoms with Crippen LogP contribution in [0.2, 0.25) is 5.02 Å². The largest absolute Gasteiger partial charge is 0.294 e. The summed E-state index contributed by atoms with van der Waals surface area (Å²) in [6, 6.07) is 15.3. The van der Waals surface area contributed by atoms with Crippen LogP contribution in [0.4, 0.5) is 0 Å². The van der Waals surface area contributed by atoms with Crippen molar-refractivity contribution >= 4 is 22.6 Å². The molecule has 0 bridgehead atoms. The van der Waals surface area contributed by atoms with Crippen LogP contribution in [0.3, 0.4) is 0 Å². The minimum atomic E-state index is -0.134. The van der Waals surface area contributed by atoms with Gasteiger partial charge in [0.2, 0.25) is 0 Å². The fourth-order valence-electron chi connectivity index (χ4n) is 2.85. The molecule has 0 unspecified atom stereocenters. The Hall–Kier alpha value is -2.92. The zero-order chi connectivity index (χ0) is 17.4. The summed E-state index contributed by atoms with van der Waals surface area (Å²) in [7, 11) is 0. The average molecular weight is 351 g/mol. The first-order valence-electron chi connectivity index (χ1n) is 7.88. The number of rotatable bonds is 3. The van der Waals surface area contributed by atoms with Gasteiger partial charge in [0.1, 0.15) is 11.7 Å². The summed E-state index contributed by atoms with van der Waals surface area (Å²) in [6.45, 7) is 2.37. The minimum Gasteiger partial charge on any atom is -0.294 e. The second-order valence-corrected chi connectivity index (χ2v) is 6.26. The Labute approximate surface area is 149 Å². The molecule has 124 valence electrons. The third-order valence-corrected chi connectivity index (χ3v) is 4.57. The van der Waals surface area contributed by atoms with E-state index >= 15 is 0 Å². The summed E-state index contributed by atoms with van der Waals surface area (Å²) in [5, 5.41) is 5.48. The molecule has 0 fully saturated rings.